The molecule has 0 aliphatic heterocycles. The molecule has 0 heterocycles. The van der Waals surface area contributed by atoms with Gasteiger partial charge >= 0.3 is 0 Å². The van der Waals surface area contributed by atoms with E-state index in [0.29, 0.717) is 0 Å². The van der Waals surface area contributed by atoms with Crippen molar-refractivity contribution in [2.24, 2.45) is 0 Å². The Hall–Kier alpha value is -3.56. The molecule has 0 spiro atoms. The highest BCUT2D eigenvalue weighted by Gasteiger charge is 2.12. The van der Waals surface area contributed by atoms with E-state index < -0.39 is 10.1 Å². The fourth-order valence-corrected chi connectivity index (χ4v) is 5.97. The number of aryl methyl sites for hydroxylation is 1. The molecule has 37 heavy (non-hydrogen) atoms. The topological polar surface area (TPSA) is 54.4 Å². The molecule has 0 saturated carbocycles. The van der Waals surface area contributed by atoms with Gasteiger partial charge in [-0.2, -0.15) is 8.42 Å². The second kappa shape index (κ2) is 12.1. The minimum atomic E-state index is -4.02. The molecule has 1 unspecified atom stereocenters. The summed E-state index contributed by atoms with van der Waals surface area (Å²) >= 11 is 0. The Bertz CT molecular complexity index is 1480. The van der Waals surface area contributed by atoms with E-state index in [1.54, 1.807) is 12.1 Å². The lowest BCUT2D eigenvalue weighted by Crippen LogP contribution is -2.11. The van der Waals surface area contributed by atoms with Crippen LogP contribution in [0.2, 0.25) is 0 Å². The molecular formula is C32H29O3PS. The van der Waals surface area contributed by atoms with Gasteiger partial charge in [0.15, 0.2) is 0 Å². The van der Waals surface area contributed by atoms with Crippen LogP contribution in [-0.2, 0) is 10.1 Å². The average Bonchev–Trinajstić information content (AvgIpc) is 2.94. The van der Waals surface area contributed by atoms with E-state index >= 15 is 0 Å². The van der Waals surface area contributed by atoms with Crippen LogP contribution in [-0.4, -0.2) is 19.6 Å². The summed E-state index contributed by atoms with van der Waals surface area (Å²) in [5.74, 6) is 0. The summed E-state index contributed by atoms with van der Waals surface area (Å²) < 4.78 is 29.6. The quantitative estimate of drug-likeness (QED) is 0.194. The van der Waals surface area contributed by atoms with Crippen molar-refractivity contribution in [1.29, 1.82) is 0 Å². The predicted molar refractivity (Wildman–Crippen MR) is 157 cm³/mol. The third-order valence-electron chi connectivity index (χ3n) is 5.98. The summed E-state index contributed by atoms with van der Waals surface area (Å²) in [7, 11) is -4.40. The van der Waals surface area contributed by atoms with Crippen molar-refractivity contribution in [2.45, 2.75) is 11.8 Å². The Balaban J connectivity index is 0.000000245. The predicted octanol–water partition coefficient (Wildman–Crippen LogP) is 7.32. The molecule has 0 fully saturated rings. The Labute approximate surface area is 221 Å². The lowest BCUT2D eigenvalue weighted by Gasteiger charge is -2.17. The van der Waals surface area contributed by atoms with Crippen molar-refractivity contribution >= 4 is 28.6 Å². The molecule has 0 saturated heterocycles. The molecule has 1 atom stereocenters. The fourth-order valence-electron chi connectivity index (χ4n) is 3.91. The third-order valence-corrected chi connectivity index (χ3v) is 8.96. The lowest BCUT2D eigenvalue weighted by atomic mass is 9.99. The van der Waals surface area contributed by atoms with E-state index in [4.69, 9.17) is 4.55 Å². The van der Waals surface area contributed by atoms with Gasteiger partial charge in [0, 0.05) is 0 Å². The van der Waals surface area contributed by atoms with Crippen molar-refractivity contribution in [3.05, 3.63) is 139 Å². The van der Waals surface area contributed by atoms with E-state index in [0.717, 1.165) is 5.56 Å². The minimum Gasteiger partial charge on any atom is -0.282 e. The number of rotatable bonds is 5. The molecule has 186 valence electrons. The van der Waals surface area contributed by atoms with Crippen molar-refractivity contribution < 1.29 is 13.0 Å². The van der Waals surface area contributed by atoms with Gasteiger partial charge < -0.3 is 0 Å². The molecule has 0 aliphatic rings. The van der Waals surface area contributed by atoms with Gasteiger partial charge in [0.2, 0.25) is 0 Å². The highest BCUT2D eigenvalue weighted by atomic mass is 32.2. The maximum absolute atomic E-state index is 10.5. The van der Waals surface area contributed by atoms with Crippen LogP contribution >= 0.6 is 7.92 Å². The van der Waals surface area contributed by atoms with Gasteiger partial charge in [-0.05, 0) is 84.7 Å². The summed E-state index contributed by atoms with van der Waals surface area (Å²) in [5.41, 5.74) is 6.06. The van der Waals surface area contributed by atoms with E-state index in [9.17, 15) is 8.42 Å². The molecular weight excluding hydrogens is 495 g/mol. The SMILES string of the molecule is CP(c1ccccc1)c1cc(-c2ccccc2)cc(-c2ccccc2)c1.Cc1ccc(S(=O)(=O)O)cc1. The lowest BCUT2D eigenvalue weighted by molar-refractivity contribution is 0.483. The van der Waals surface area contributed by atoms with Crippen molar-refractivity contribution in [3.63, 3.8) is 0 Å². The van der Waals surface area contributed by atoms with Crippen LogP contribution in [0.3, 0.4) is 0 Å². The van der Waals surface area contributed by atoms with Crippen LogP contribution in [0.15, 0.2) is 138 Å². The molecule has 0 bridgehead atoms. The standard InChI is InChI=1S/C25H21P.C7H8O3S/c1-26(24-15-9-4-10-16-24)25-18-22(20-11-5-2-6-12-20)17-23(19-25)21-13-7-3-8-14-21;1-6-2-4-7(5-3-6)11(8,9)10/h2-19H,1H3;2-5H,1H3,(H,8,9,10). The molecule has 5 heteroatoms. The maximum atomic E-state index is 10.5. The molecule has 0 radical (unpaired) electrons. The zero-order valence-corrected chi connectivity index (χ0v) is 22.5. The smallest absolute Gasteiger partial charge is 0.282 e. The van der Waals surface area contributed by atoms with Gasteiger partial charge in [0.05, 0.1) is 4.90 Å². The molecule has 5 rings (SSSR count). The van der Waals surface area contributed by atoms with Gasteiger partial charge in [-0.15, -0.1) is 0 Å². The molecule has 5 aromatic rings. The maximum Gasteiger partial charge on any atom is 0.294 e. The van der Waals surface area contributed by atoms with Crippen LogP contribution in [0.4, 0.5) is 0 Å². The van der Waals surface area contributed by atoms with Crippen molar-refractivity contribution in [3.8, 4) is 22.3 Å². The average molecular weight is 525 g/mol. The van der Waals surface area contributed by atoms with Crippen LogP contribution in [0.25, 0.3) is 22.3 Å². The summed E-state index contributed by atoms with van der Waals surface area (Å²) in [6.45, 7) is 4.19. The van der Waals surface area contributed by atoms with E-state index in [-0.39, 0.29) is 12.8 Å². The van der Waals surface area contributed by atoms with E-state index in [1.165, 1.54) is 45.0 Å². The molecule has 0 aromatic heterocycles. The third kappa shape index (κ3) is 7.24. The van der Waals surface area contributed by atoms with E-state index in [2.05, 4.69) is 116 Å². The highest BCUT2D eigenvalue weighted by Crippen LogP contribution is 2.34. The Morgan fingerprint density at radius 3 is 1.41 bits per heavy atom. The highest BCUT2D eigenvalue weighted by molar-refractivity contribution is 7.85. The summed E-state index contributed by atoms with van der Waals surface area (Å²) in [6, 6.07) is 45.2. The minimum absolute atomic E-state index is 0.0666. The van der Waals surface area contributed by atoms with Crippen LogP contribution in [0, 0.1) is 6.92 Å². The fraction of sp³-hybridized carbons (Fsp3) is 0.0625. The first kappa shape index (κ1) is 26.5. The molecule has 3 nitrogen and oxygen atoms in total. The molecule has 5 aromatic carbocycles. The van der Waals surface area contributed by atoms with Gasteiger partial charge in [-0.3, -0.25) is 4.55 Å². The summed E-state index contributed by atoms with van der Waals surface area (Å²) in [6.07, 6.45) is 0. The van der Waals surface area contributed by atoms with Gasteiger partial charge in [0.25, 0.3) is 10.1 Å². The second-order valence-corrected chi connectivity index (χ2v) is 12.3. The van der Waals surface area contributed by atoms with Crippen LogP contribution in [0.5, 0.6) is 0 Å². The first-order valence-electron chi connectivity index (χ1n) is 11.9. The Morgan fingerprint density at radius 2 is 0.973 bits per heavy atom. The van der Waals surface area contributed by atoms with Crippen molar-refractivity contribution in [1.82, 2.24) is 0 Å². The van der Waals surface area contributed by atoms with Crippen LogP contribution < -0.4 is 10.6 Å². The largest absolute Gasteiger partial charge is 0.294 e. The molecule has 1 N–H and O–H groups in total. The molecule has 0 amide bonds. The van der Waals surface area contributed by atoms with Crippen LogP contribution in [0.1, 0.15) is 5.56 Å². The van der Waals surface area contributed by atoms with Gasteiger partial charge in [-0.1, -0.05) is 109 Å². The first-order chi connectivity index (χ1) is 17.8. The summed E-state index contributed by atoms with van der Waals surface area (Å²) in [4.78, 5) is -0.0666. The van der Waals surface area contributed by atoms with Gasteiger partial charge in [-0.25, -0.2) is 0 Å². The number of hydrogen-bond donors (Lipinski definition) is 1. The first-order valence-corrected chi connectivity index (χ1v) is 15.1. The Morgan fingerprint density at radius 1 is 0.541 bits per heavy atom. The van der Waals surface area contributed by atoms with Gasteiger partial charge in [0.1, 0.15) is 0 Å². The Kier molecular flexibility index (Phi) is 8.68. The number of benzene rings is 5. The van der Waals surface area contributed by atoms with E-state index in [1.807, 2.05) is 6.92 Å². The van der Waals surface area contributed by atoms with Crippen molar-refractivity contribution in [2.75, 3.05) is 6.66 Å². The normalized spacial score (nSPS) is 11.8. The molecule has 0 aliphatic carbocycles. The summed E-state index contributed by atoms with van der Waals surface area (Å²) in [5, 5.41) is 2.82. The monoisotopic (exact) mass is 524 g/mol. The zero-order valence-electron chi connectivity index (χ0n) is 20.8. The zero-order chi connectivity index (χ0) is 26.3. The number of hydrogen-bond acceptors (Lipinski definition) is 2. The second-order valence-electron chi connectivity index (χ2n) is 8.68.